The van der Waals surface area contributed by atoms with Gasteiger partial charge in [-0.1, -0.05) is 0 Å². The number of benzene rings is 1. The van der Waals surface area contributed by atoms with E-state index in [-0.39, 0.29) is 11.8 Å². The maximum absolute atomic E-state index is 11.6. The minimum Gasteiger partial charge on any atom is -0.454 e. The molecule has 1 aliphatic heterocycles. The van der Waals surface area contributed by atoms with Crippen LogP contribution in [-0.2, 0) is 9.84 Å². The van der Waals surface area contributed by atoms with Gasteiger partial charge >= 0.3 is 0 Å². The van der Waals surface area contributed by atoms with E-state index < -0.39 is 15.1 Å². The van der Waals surface area contributed by atoms with Crippen molar-refractivity contribution in [3.63, 3.8) is 0 Å². The third-order valence-electron chi connectivity index (χ3n) is 2.57. The van der Waals surface area contributed by atoms with Gasteiger partial charge in [0.05, 0.1) is 11.8 Å². The summed E-state index contributed by atoms with van der Waals surface area (Å²) in [5.41, 5.74) is 0.516. The molecule has 1 unspecified atom stereocenters. The quantitative estimate of drug-likeness (QED) is 0.624. The Morgan fingerprint density at radius 2 is 2.15 bits per heavy atom. The second-order valence-electron chi connectivity index (χ2n) is 4.03. The van der Waals surface area contributed by atoms with Crippen molar-refractivity contribution in [3.8, 4) is 17.6 Å². The predicted octanol–water partition coefficient (Wildman–Crippen LogP) is 1.75. The monoisotopic (exact) mass is 312 g/mol. The van der Waals surface area contributed by atoms with Gasteiger partial charge in [-0.05, 0) is 18.4 Å². The third-order valence-corrected chi connectivity index (χ3v) is 4.65. The number of hydrogen-bond donors (Lipinski definition) is 0. The standard InChI is InChI=1S/C12H12N2O4S2/c1-19-12(11(6-13)20(2,15)16)14-8-3-4-9-10(5-8)18-7-17-9/h3-5,11H,7H2,1-2H3. The summed E-state index contributed by atoms with van der Waals surface area (Å²) in [5, 5.41) is 8.00. The lowest BCUT2D eigenvalue weighted by Gasteiger charge is -2.08. The number of rotatable bonds is 3. The zero-order chi connectivity index (χ0) is 14.8. The van der Waals surface area contributed by atoms with Gasteiger partial charge in [0.1, 0.15) is 5.04 Å². The zero-order valence-electron chi connectivity index (χ0n) is 10.9. The molecule has 20 heavy (non-hydrogen) atoms. The van der Waals surface area contributed by atoms with E-state index >= 15 is 0 Å². The van der Waals surface area contributed by atoms with Crippen molar-refractivity contribution < 1.29 is 17.9 Å². The Labute approximate surface area is 121 Å². The second kappa shape index (κ2) is 5.73. The van der Waals surface area contributed by atoms with Crippen molar-refractivity contribution in [1.29, 1.82) is 5.26 Å². The number of fused-ring (bicyclic) bond motifs is 1. The van der Waals surface area contributed by atoms with Crippen molar-refractivity contribution in [1.82, 2.24) is 0 Å². The van der Waals surface area contributed by atoms with Crippen LogP contribution in [-0.4, -0.2) is 38.0 Å². The van der Waals surface area contributed by atoms with Crippen LogP contribution in [0.5, 0.6) is 11.5 Å². The molecular formula is C12H12N2O4S2. The van der Waals surface area contributed by atoms with Gasteiger partial charge in [-0.15, -0.1) is 11.8 Å². The predicted molar refractivity (Wildman–Crippen MR) is 77.4 cm³/mol. The number of ether oxygens (including phenoxy) is 2. The van der Waals surface area contributed by atoms with Crippen LogP contribution in [0.4, 0.5) is 5.69 Å². The van der Waals surface area contributed by atoms with Gasteiger partial charge in [0.2, 0.25) is 6.79 Å². The molecule has 0 aromatic heterocycles. The Bertz CT molecular complexity index is 692. The third kappa shape index (κ3) is 3.05. The molecule has 0 bridgehead atoms. The zero-order valence-corrected chi connectivity index (χ0v) is 12.5. The van der Waals surface area contributed by atoms with Crippen LogP contribution in [0.3, 0.4) is 0 Å². The molecule has 2 rings (SSSR count). The smallest absolute Gasteiger partial charge is 0.231 e. The maximum atomic E-state index is 11.6. The molecule has 0 aliphatic carbocycles. The molecule has 0 N–H and O–H groups in total. The second-order valence-corrected chi connectivity index (χ2v) is 6.99. The highest BCUT2D eigenvalue weighted by atomic mass is 32.2. The van der Waals surface area contributed by atoms with E-state index in [9.17, 15) is 8.42 Å². The van der Waals surface area contributed by atoms with E-state index in [1.165, 1.54) is 0 Å². The van der Waals surface area contributed by atoms with E-state index in [0.29, 0.717) is 17.2 Å². The first kappa shape index (κ1) is 14.7. The van der Waals surface area contributed by atoms with Gasteiger partial charge < -0.3 is 9.47 Å². The highest BCUT2D eigenvalue weighted by molar-refractivity contribution is 8.15. The van der Waals surface area contributed by atoms with Crippen molar-refractivity contribution >= 4 is 32.3 Å². The number of sulfone groups is 1. The van der Waals surface area contributed by atoms with Gasteiger partial charge in [0.25, 0.3) is 0 Å². The van der Waals surface area contributed by atoms with Crippen LogP contribution < -0.4 is 9.47 Å². The van der Waals surface area contributed by atoms with Crippen LogP contribution >= 0.6 is 11.8 Å². The van der Waals surface area contributed by atoms with Gasteiger partial charge in [0, 0.05) is 12.3 Å². The van der Waals surface area contributed by atoms with Crippen LogP contribution in [0, 0.1) is 11.3 Å². The van der Waals surface area contributed by atoms with E-state index in [2.05, 4.69) is 4.99 Å². The Balaban J connectivity index is 2.39. The minimum absolute atomic E-state index is 0.155. The molecule has 1 atom stereocenters. The summed E-state index contributed by atoms with van der Waals surface area (Å²) in [4.78, 5) is 4.23. The van der Waals surface area contributed by atoms with E-state index in [0.717, 1.165) is 18.0 Å². The SMILES string of the molecule is CSC(=Nc1ccc2c(c1)OCO2)C(C#N)S(C)(=O)=O. The lowest BCUT2D eigenvalue weighted by Crippen LogP contribution is -2.25. The molecule has 1 aromatic carbocycles. The summed E-state index contributed by atoms with van der Waals surface area (Å²) in [6.45, 7) is 0.155. The summed E-state index contributed by atoms with van der Waals surface area (Å²) in [6.07, 6.45) is 2.70. The Hall–Kier alpha value is -1.72. The molecule has 1 heterocycles. The van der Waals surface area contributed by atoms with Gasteiger partial charge in [-0.2, -0.15) is 5.26 Å². The Kier molecular flexibility index (Phi) is 4.20. The van der Waals surface area contributed by atoms with Gasteiger partial charge in [0.15, 0.2) is 26.6 Å². The van der Waals surface area contributed by atoms with Crippen LogP contribution in [0.25, 0.3) is 0 Å². The molecule has 0 fully saturated rings. The number of thioether (sulfide) groups is 1. The lowest BCUT2D eigenvalue weighted by molar-refractivity contribution is 0.174. The van der Waals surface area contributed by atoms with E-state index in [1.54, 1.807) is 30.5 Å². The molecule has 0 radical (unpaired) electrons. The van der Waals surface area contributed by atoms with Gasteiger partial charge in [-0.25, -0.2) is 13.4 Å². The Morgan fingerprint density at radius 1 is 1.45 bits per heavy atom. The van der Waals surface area contributed by atoms with Crippen molar-refractivity contribution in [3.05, 3.63) is 18.2 Å². The molecule has 6 nitrogen and oxygen atoms in total. The highest BCUT2D eigenvalue weighted by Crippen LogP contribution is 2.35. The first-order valence-corrected chi connectivity index (χ1v) is 8.74. The normalized spacial score (nSPS) is 15.8. The van der Waals surface area contributed by atoms with Crippen LogP contribution in [0.1, 0.15) is 0 Å². The molecule has 1 aliphatic rings. The summed E-state index contributed by atoms with van der Waals surface area (Å²) in [6, 6.07) is 6.79. The van der Waals surface area contributed by atoms with Crippen molar-refractivity contribution in [2.24, 2.45) is 4.99 Å². The lowest BCUT2D eigenvalue weighted by atomic mass is 10.3. The molecular weight excluding hydrogens is 300 g/mol. The summed E-state index contributed by atoms with van der Waals surface area (Å²) in [7, 11) is -3.53. The van der Waals surface area contributed by atoms with E-state index in [4.69, 9.17) is 14.7 Å². The largest absolute Gasteiger partial charge is 0.454 e. The number of aliphatic imine (C=N–C) groups is 1. The molecule has 106 valence electrons. The highest BCUT2D eigenvalue weighted by Gasteiger charge is 2.26. The fourth-order valence-corrected chi connectivity index (χ4v) is 3.51. The number of hydrogen-bond acceptors (Lipinski definition) is 7. The average molecular weight is 312 g/mol. The Morgan fingerprint density at radius 3 is 2.75 bits per heavy atom. The summed E-state index contributed by atoms with van der Waals surface area (Å²) in [5.74, 6) is 1.18. The van der Waals surface area contributed by atoms with Crippen LogP contribution in [0.2, 0.25) is 0 Å². The molecule has 1 aromatic rings. The van der Waals surface area contributed by atoms with Gasteiger partial charge in [-0.3, -0.25) is 0 Å². The fraction of sp³-hybridized carbons (Fsp3) is 0.333. The van der Waals surface area contributed by atoms with E-state index in [1.807, 2.05) is 0 Å². The molecule has 0 saturated carbocycles. The topological polar surface area (TPSA) is 88.8 Å². The van der Waals surface area contributed by atoms with Crippen molar-refractivity contribution in [2.45, 2.75) is 5.25 Å². The molecule has 8 heteroatoms. The first-order chi connectivity index (χ1) is 9.45. The fourth-order valence-electron chi connectivity index (χ4n) is 1.63. The molecule has 0 saturated heterocycles. The summed E-state index contributed by atoms with van der Waals surface area (Å²) < 4.78 is 33.6. The number of nitrogens with zero attached hydrogens (tertiary/aromatic N) is 2. The molecule has 0 spiro atoms. The minimum atomic E-state index is -3.53. The number of nitriles is 1. The molecule has 0 amide bonds. The average Bonchev–Trinajstić information content (AvgIpc) is 2.84. The maximum Gasteiger partial charge on any atom is 0.231 e. The first-order valence-electron chi connectivity index (χ1n) is 5.56. The summed E-state index contributed by atoms with van der Waals surface area (Å²) >= 11 is 1.13. The van der Waals surface area contributed by atoms with Crippen LogP contribution in [0.15, 0.2) is 23.2 Å². The van der Waals surface area contributed by atoms with Crippen molar-refractivity contribution in [2.75, 3.05) is 19.3 Å².